The maximum atomic E-state index is 12.9. The molecule has 2 N–H and O–H groups in total. The molecule has 0 fully saturated rings. The van der Waals surface area contributed by atoms with Crippen molar-refractivity contribution >= 4 is 29.1 Å². The highest BCUT2D eigenvalue weighted by molar-refractivity contribution is 6.32. The third-order valence-corrected chi connectivity index (χ3v) is 5.76. The predicted octanol–water partition coefficient (Wildman–Crippen LogP) is 5.85. The van der Waals surface area contributed by atoms with Crippen molar-refractivity contribution in [1.29, 1.82) is 0 Å². The Morgan fingerprint density at radius 2 is 1.50 bits per heavy atom. The van der Waals surface area contributed by atoms with Gasteiger partial charge in [-0.05, 0) is 68.7 Å². The molecular formula is C26H27ClN2O3. The van der Waals surface area contributed by atoms with E-state index in [1.165, 1.54) is 0 Å². The summed E-state index contributed by atoms with van der Waals surface area (Å²) < 4.78 is 5.82. The van der Waals surface area contributed by atoms with Gasteiger partial charge < -0.3 is 15.4 Å². The van der Waals surface area contributed by atoms with Crippen LogP contribution in [0.3, 0.4) is 0 Å². The van der Waals surface area contributed by atoms with Crippen LogP contribution in [0.4, 0.5) is 5.69 Å². The molecule has 3 aromatic rings. The Bertz CT molecular complexity index is 1090. The number of carbonyl (C=O) groups is 2. The van der Waals surface area contributed by atoms with Crippen LogP contribution >= 0.6 is 11.6 Å². The number of hydrogen-bond acceptors (Lipinski definition) is 3. The summed E-state index contributed by atoms with van der Waals surface area (Å²) in [6.45, 7) is 7.35. The SMILES string of the molecule is Cc1cc(OC(C)C(=O)Nc2ccccc2C(=O)NC(C)c2ccccc2)cc(C)c1Cl. The summed E-state index contributed by atoms with van der Waals surface area (Å²) in [7, 11) is 0. The van der Waals surface area contributed by atoms with Crippen molar-refractivity contribution in [1.82, 2.24) is 5.32 Å². The Morgan fingerprint density at radius 3 is 2.16 bits per heavy atom. The van der Waals surface area contributed by atoms with Crippen LogP contribution in [0.1, 0.15) is 46.9 Å². The smallest absolute Gasteiger partial charge is 0.265 e. The zero-order valence-electron chi connectivity index (χ0n) is 18.6. The van der Waals surface area contributed by atoms with Crippen molar-refractivity contribution in [2.75, 3.05) is 5.32 Å². The first-order chi connectivity index (χ1) is 15.3. The summed E-state index contributed by atoms with van der Waals surface area (Å²) in [5.74, 6) is -0.0591. The van der Waals surface area contributed by atoms with Crippen LogP contribution in [0.2, 0.25) is 5.02 Å². The Kier molecular flexibility index (Phi) is 7.54. The van der Waals surface area contributed by atoms with Crippen molar-refractivity contribution in [2.24, 2.45) is 0 Å². The van der Waals surface area contributed by atoms with Crippen molar-refractivity contribution < 1.29 is 14.3 Å². The fraction of sp³-hybridized carbons (Fsp3) is 0.231. The van der Waals surface area contributed by atoms with Crippen LogP contribution in [0.5, 0.6) is 5.75 Å². The van der Waals surface area contributed by atoms with Gasteiger partial charge in [-0.1, -0.05) is 54.1 Å². The van der Waals surface area contributed by atoms with Crippen molar-refractivity contribution in [3.63, 3.8) is 0 Å². The van der Waals surface area contributed by atoms with E-state index in [1.807, 2.05) is 51.1 Å². The average molecular weight is 451 g/mol. The lowest BCUT2D eigenvalue weighted by Gasteiger charge is -2.19. The molecular weight excluding hydrogens is 424 g/mol. The summed E-state index contributed by atoms with van der Waals surface area (Å²) in [5, 5.41) is 6.47. The predicted molar refractivity (Wildman–Crippen MR) is 128 cm³/mol. The Hall–Kier alpha value is -3.31. The van der Waals surface area contributed by atoms with E-state index in [0.29, 0.717) is 22.0 Å². The number of rotatable bonds is 7. The topological polar surface area (TPSA) is 67.4 Å². The zero-order chi connectivity index (χ0) is 23.3. The molecule has 0 radical (unpaired) electrons. The quantitative estimate of drug-likeness (QED) is 0.474. The van der Waals surface area contributed by atoms with Gasteiger partial charge in [-0.25, -0.2) is 0 Å². The molecule has 32 heavy (non-hydrogen) atoms. The second-order valence-electron chi connectivity index (χ2n) is 7.77. The minimum absolute atomic E-state index is 0.175. The lowest BCUT2D eigenvalue weighted by Crippen LogP contribution is -2.32. The van der Waals surface area contributed by atoms with Gasteiger partial charge in [0.05, 0.1) is 17.3 Å². The molecule has 0 aliphatic carbocycles. The first kappa shape index (κ1) is 23.4. The van der Waals surface area contributed by atoms with E-state index in [0.717, 1.165) is 16.7 Å². The number of ether oxygens (including phenoxy) is 1. The normalized spacial score (nSPS) is 12.5. The number of carbonyl (C=O) groups excluding carboxylic acids is 2. The van der Waals surface area contributed by atoms with E-state index >= 15 is 0 Å². The number of nitrogens with one attached hydrogen (secondary N) is 2. The van der Waals surface area contributed by atoms with Gasteiger partial charge in [0.1, 0.15) is 5.75 Å². The molecule has 0 spiro atoms. The Morgan fingerprint density at radius 1 is 0.906 bits per heavy atom. The van der Waals surface area contributed by atoms with Crippen LogP contribution < -0.4 is 15.4 Å². The van der Waals surface area contributed by atoms with Gasteiger partial charge in [-0.3, -0.25) is 9.59 Å². The number of aryl methyl sites for hydroxylation is 2. The van der Waals surface area contributed by atoms with Crippen LogP contribution in [-0.4, -0.2) is 17.9 Å². The van der Waals surface area contributed by atoms with Gasteiger partial charge in [0.2, 0.25) is 0 Å². The summed E-state index contributed by atoms with van der Waals surface area (Å²) in [6.07, 6.45) is -0.769. The minimum Gasteiger partial charge on any atom is -0.481 e. The number of hydrogen-bond donors (Lipinski definition) is 2. The average Bonchev–Trinajstić information content (AvgIpc) is 2.78. The molecule has 0 aliphatic heterocycles. The van der Waals surface area contributed by atoms with E-state index in [4.69, 9.17) is 16.3 Å². The van der Waals surface area contributed by atoms with Gasteiger partial charge in [0, 0.05) is 5.02 Å². The number of para-hydroxylation sites is 1. The highest BCUT2D eigenvalue weighted by Gasteiger charge is 2.20. The van der Waals surface area contributed by atoms with E-state index in [1.54, 1.807) is 43.3 Å². The standard InChI is InChI=1S/C26H27ClN2O3/c1-16-14-21(15-17(2)24(16)27)32-19(4)25(30)29-23-13-9-8-12-22(23)26(31)28-18(3)20-10-6-5-7-11-20/h5-15,18-19H,1-4H3,(H,28,31)(H,29,30). The van der Waals surface area contributed by atoms with Gasteiger partial charge in [-0.15, -0.1) is 0 Å². The van der Waals surface area contributed by atoms with Crippen LogP contribution in [-0.2, 0) is 4.79 Å². The molecule has 0 heterocycles. The largest absolute Gasteiger partial charge is 0.481 e. The second kappa shape index (κ2) is 10.3. The highest BCUT2D eigenvalue weighted by atomic mass is 35.5. The third-order valence-electron chi connectivity index (χ3n) is 5.17. The van der Waals surface area contributed by atoms with Crippen molar-refractivity contribution in [3.05, 3.63) is 94.0 Å². The van der Waals surface area contributed by atoms with E-state index in [-0.39, 0.29) is 17.9 Å². The van der Waals surface area contributed by atoms with E-state index in [9.17, 15) is 9.59 Å². The summed E-state index contributed by atoms with van der Waals surface area (Å²) >= 11 is 6.21. The Balaban J connectivity index is 1.70. The molecule has 5 nitrogen and oxygen atoms in total. The lowest BCUT2D eigenvalue weighted by molar-refractivity contribution is -0.122. The third kappa shape index (κ3) is 5.68. The maximum absolute atomic E-state index is 12.9. The fourth-order valence-electron chi connectivity index (χ4n) is 3.36. The van der Waals surface area contributed by atoms with Crippen molar-refractivity contribution in [3.8, 4) is 5.75 Å². The molecule has 2 atom stereocenters. The van der Waals surface area contributed by atoms with E-state index in [2.05, 4.69) is 10.6 Å². The first-order valence-corrected chi connectivity index (χ1v) is 10.8. The summed E-state index contributed by atoms with van der Waals surface area (Å²) in [4.78, 5) is 25.7. The minimum atomic E-state index is -0.769. The highest BCUT2D eigenvalue weighted by Crippen LogP contribution is 2.27. The van der Waals surface area contributed by atoms with Crippen LogP contribution in [0, 0.1) is 13.8 Å². The molecule has 0 saturated heterocycles. The Labute approximate surface area is 193 Å². The molecule has 0 aromatic heterocycles. The molecule has 3 aromatic carbocycles. The van der Waals surface area contributed by atoms with Gasteiger partial charge in [0.15, 0.2) is 6.10 Å². The molecule has 0 saturated carbocycles. The number of benzene rings is 3. The number of anilines is 1. The molecule has 2 amide bonds. The fourth-order valence-corrected chi connectivity index (χ4v) is 3.46. The van der Waals surface area contributed by atoms with Crippen LogP contribution in [0.15, 0.2) is 66.7 Å². The maximum Gasteiger partial charge on any atom is 0.265 e. The number of amides is 2. The van der Waals surface area contributed by atoms with Gasteiger partial charge in [0.25, 0.3) is 11.8 Å². The molecule has 166 valence electrons. The van der Waals surface area contributed by atoms with Gasteiger partial charge in [-0.2, -0.15) is 0 Å². The second-order valence-corrected chi connectivity index (χ2v) is 8.15. The molecule has 3 rings (SSSR count). The first-order valence-electron chi connectivity index (χ1n) is 10.5. The zero-order valence-corrected chi connectivity index (χ0v) is 19.4. The molecule has 2 unspecified atom stereocenters. The monoisotopic (exact) mass is 450 g/mol. The summed E-state index contributed by atoms with van der Waals surface area (Å²) in [5.41, 5.74) is 3.56. The number of halogens is 1. The summed E-state index contributed by atoms with van der Waals surface area (Å²) in [6, 6.07) is 20.0. The van der Waals surface area contributed by atoms with Crippen molar-refractivity contribution in [2.45, 2.75) is 39.8 Å². The lowest BCUT2D eigenvalue weighted by atomic mass is 10.1. The van der Waals surface area contributed by atoms with E-state index < -0.39 is 6.10 Å². The molecule has 6 heteroatoms. The van der Waals surface area contributed by atoms with Crippen LogP contribution in [0.25, 0.3) is 0 Å². The molecule has 0 bridgehead atoms. The van der Waals surface area contributed by atoms with Gasteiger partial charge >= 0.3 is 0 Å². The molecule has 0 aliphatic rings.